The molecular weight excluding hydrogens is 212 g/mol. The van der Waals surface area contributed by atoms with Crippen LogP contribution in [0.2, 0.25) is 0 Å². The lowest BCUT2D eigenvalue weighted by Gasteiger charge is -2.42. The van der Waals surface area contributed by atoms with Gasteiger partial charge in [-0.3, -0.25) is 0 Å². The van der Waals surface area contributed by atoms with Crippen molar-refractivity contribution >= 4 is 5.82 Å². The van der Waals surface area contributed by atoms with Gasteiger partial charge in [0.05, 0.1) is 5.54 Å². The van der Waals surface area contributed by atoms with E-state index in [-0.39, 0.29) is 5.54 Å². The average Bonchev–Trinajstić information content (AvgIpc) is 2.22. The van der Waals surface area contributed by atoms with Crippen LogP contribution in [0.1, 0.15) is 50.5 Å². The molecule has 1 fully saturated rings. The van der Waals surface area contributed by atoms with Crippen LogP contribution < -0.4 is 11.1 Å². The molecule has 94 valence electrons. The Hall–Kier alpha value is -1.16. The zero-order valence-corrected chi connectivity index (χ0v) is 11.0. The minimum atomic E-state index is 0.0784. The summed E-state index contributed by atoms with van der Waals surface area (Å²) in [6.07, 6.45) is 3.54. The SMILES string of the molecule is Cc1cc(NC2(CN)CCC2)nc(C(C)C)n1. The Balaban J connectivity index is 2.20. The minimum Gasteiger partial charge on any atom is -0.363 e. The van der Waals surface area contributed by atoms with E-state index in [2.05, 4.69) is 29.1 Å². The summed E-state index contributed by atoms with van der Waals surface area (Å²) < 4.78 is 0. The predicted molar refractivity (Wildman–Crippen MR) is 70.1 cm³/mol. The lowest BCUT2D eigenvalue weighted by molar-refractivity contribution is 0.286. The van der Waals surface area contributed by atoms with E-state index in [1.807, 2.05) is 13.0 Å². The van der Waals surface area contributed by atoms with Gasteiger partial charge in [0.2, 0.25) is 0 Å². The summed E-state index contributed by atoms with van der Waals surface area (Å²) >= 11 is 0. The number of rotatable bonds is 4. The molecular formula is C13H22N4. The second-order valence-electron chi connectivity index (χ2n) is 5.37. The Morgan fingerprint density at radius 1 is 1.41 bits per heavy atom. The molecule has 1 aliphatic carbocycles. The zero-order valence-electron chi connectivity index (χ0n) is 11.0. The minimum absolute atomic E-state index is 0.0784. The topological polar surface area (TPSA) is 63.8 Å². The number of aromatic nitrogens is 2. The van der Waals surface area contributed by atoms with Crippen molar-refractivity contribution in [3.63, 3.8) is 0 Å². The third-order valence-corrected chi connectivity index (χ3v) is 3.48. The maximum Gasteiger partial charge on any atom is 0.133 e. The van der Waals surface area contributed by atoms with E-state index in [0.29, 0.717) is 12.5 Å². The predicted octanol–water partition coefficient (Wildman–Crippen LogP) is 2.20. The molecule has 0 aliphatic heterocycles. The maximum absolute atomic E-state index is 5.85. The normalized spacial score (nSPS) is 17.9. The highest BCUT2D eigenvalue weighted by atomic mass is 15.1. The quantitative estimate of drug-likeness (QED) is 0.838. The molecule has 0 atom stereocenters. The molecule has 0 saturated heterocycles. The van der Waals surface area contributed by atoms with Gasteiger partial charge < -0.3 is 11.1 Å². The standard InChI is InChI=1S/C13H22N4/c1-9(2)12-15-10(3)7-11(16-12)17-13(8-14)5-4-6-13/h7,9H,4-6,8,14H2,1-3H3,(H,15,16,17). The number of nitrogens with one attached hydrogen (secondary N) is 1. The number of hydrogen-bond donors (Lipinski definition) is 2. The Kier molecular flexibility index (Phi) is 3.33. The van der Waals surface area contributed by atoms with E-state index < -0.39 is 0 Å². The van der Waals surface area contributed by atoms with Crippen LogP contribution in [0.4, 0.5) is 5.82 Å². The van der Waals surface area contributed by atoms with Crippen molar-refractivity contribution < 1.29 is 0 Å². The molecule has 3 N–H and O–H groups in total. The van der Waals surface area contributed by atoms with Crippen LogP contribution in [0.5, 0.6) is 0 Å². The van der Waals surface area contributed by atoms with E-state index >= 15 is 0 Å². The van der Waals surface area contributed by atoms with Crippen LogP contribution in [-0.4, -0.2) is 22.1 Å². The average molecular weight is 234 g/mol. The van der Waals surface area contributed by atoms with Crippen molar-refractivity contribution in [1.29, 1.82) is 0 Å². The molecule has 0 radical (unpaired) electrons. The van der Waals surface area contributed by atoms with Crippen molar-refractivity contribution in [2.45, 2.75) is 51.5 Å². The Morgan fingerprint density at radius 2 is 2.12 bits per heavy atom. The summed E-state index contributed by atoms with van der Waals surface area (Å²) in [7, 11) is 0. The molecule has 1 heterocycles. The third kappa shape index (κ3) is 2.57. The summed E-state index contributed by atoms with van der Waals surface area (Å²) in [6.45, 7) is 6.91. The number of nitrogens with zero attached hydrogens (tertiary/aromatic N) is 2. The number of aryl methyl sites for hydroxylation is 1. The molecule has 0 bridgehead atoms. The van der Waals surface area contributed by atoms with E-state index in [0.717, 1.165) is 30.2 Å². The molecule has 0 spiro atoms. The maximum atomic E-state index is 5.85. The van der Waals surface area contributed by atoms with Gasteiger partial charge in [0.25, 0.3) is 0 Å². The molecule has 1 aromatic heterocycles. The highest BCUT2D eigenvalue weighted by Gasteiger charge is 2.35. The van der Waals surface area contributed by atoms with Crippen LogP contribution in [0.15, 0.2) is 6.07 Å². The Labute approximate surface area is 103 Å². The van der Waals surface area contributed by atoms with E-state index in [1.165, 1.54) is 6.42 Å². The van der Waals surface area contributed by atoms with E-state index in [9.17, 15) is 0 Å². The second-order valence-corrected chi connectivity index (χ2v) is 5.37. The van der Waals surface area contributed by atoms with Gasteiger partial charge in [-0.15, -0.1) is 0 Å². The van der Waals surface area contributed by atoms with Crippen molar-refractivity contribution in [3.8, 4) is 0 Å². The summed E-state index contributed by atoms with van der Waals surface area (Å²) in [4.78, 5) is 9.02. The smallest absolute Gasteiger partial charge is 0.133 e. The highest BCUT2D eigenvalue weighted by molar-refractivity contribution is 5.40. The lowest BCUT2D eigenvalue weighted by Crippen LogP contribution is -2.51. The lowest BCUT2D eigenvalue weighted by atomic mass is 9.77. The number of hydrogen-bond acceptors (Lipinski definition) is 4. The van der Waals surface area contributed by atoms with Gasteiger partial charge in [-0.05, 0) is 26.2 Å². The van der Waals surface area contributed by atoms with Crippen LogP contribution in [0, 0.1) is 6.92 Å². The van der Waals surface area contributed by atoms with Gasteiger partial charge in [0, 0.05) is 24.2 Å². The molecule has 2 rings (SSSR count). The van der Waals surface area contributed by atoms with E-state index in [1.54, 1.807) is 0 Å². The van der Waals surface area contributed by atoms with Crippen molar-refractivity contribution in [1.82, 2.24) is 9.97 Å². The zero-order chi connectivity index (χ0) is 12.5. The molecule has 1 aliphatic rings. The summed E-state index contributed by atoms with van der Waals surface area (Å²) in [5.74, 6) is 2.18. The first-order valence-electron chi connectivity index (χ1n) is 6.38. The summed E-state index contributed by atoms with van der Waals surface area (Å²) in [6, 6.07) is 2.00. The van der Waals surface area contributed by atoms with Crippen LogP contribution in [-0.2, 0) is 0 Å². The molecule has 0 amide bonds. The number of anilines is 1. The fourth-order valence-electron chi connectivity index (χ4n) is 2.17. The summed E-state index contributed by atoms with van der Waals surface area (Å²) in [5, 5.41) is 3.50. The molecule has 4 heteroatoms. The molecule has 1 aromatic rings. The van der Waals surface area contributed by atoms with Crippen molar-refractivity contribution in [2.75, 3.05) is 11.9 Å². The van der Waals surface area contributed by atoms with Crippen LogP contribution in [0.3, 0.4) is 0 Å². The fourth-order valence-corrected chi connectivity index (χ4v) is 2.17. The summed E-state index contributed by atoms with van der Waals surface area (Å²) in [5.41, 5.74) is 6.94. The van der Waals surface area contributed by atoms with Gasteiger partial charge in [-0.2, -0.15) is 0 Å². The monoisotopic (exact) mass is 234 g/mol. The Morgan fingerprint density at radius 3 is 2.59 bits per heavy atom. The number of nitrogens with two attached hydrogens (primary N) is 1. The van der Waals surface area contributed by atoms with Crippen molar-refractivity contribution in [2.24, 2.45) is 5.73 Å². The molecule has 4 nitrogen and oxygen atoms in total. The molecule has 1 saturated carbocycles. The third-order valence-electron chi connectivity index (χ3n) is 3.48. The highest BCUT2D eigenvalue weighted by Crippen LogP contribution is 2.34. The van der Waals surface area contributed by atoms with Gasteiger partial charge in [-0.25, -0.2) is 9.97 Å². The van der Waals surface area contributed by atoms with Crippen LogP contribution in [0.25, 0.3) is 0 Å². The van der Waals surface area contributed by atoms with Gasteiger partial charge >= 0.3 is 0 Å². The first-order valence-corrected chi connectivity index (χ1v) is 6.38. The van der Waals surface area contributed by atoms with E-state index in [4.69, 9.17) is 5.73 Å². The first kappa shape index (κ1) is 12.3. The largest absolute Gasteiger partial charge is 0.363 e. The first-order chi connectivity index (χ1) is 8.04. The molecule has 17 heavy (non-hydrogen) atoms. The van der Waals surface area contributed by atoms with Gasteiger partial charge in [0.1, 0.15) is 11.6 Å². The Bertz CT molecular complexity index is 391. The van der Waals surface area contributed by atoms with Crippen LogP contribution >= 0.6 is 0 Å². The second kappa shape index (κ2) is 4.61. The van der Waals surface area contributed by atoms with Gasteiger partial charge in [0.15, 0.2) is 0 Å². The fraction of sp³-hybridized carbons (Fsp3) is 0.692. The van der Waals surface area contributed by atoms with Gasteiger partial charge in [-0.1, -0.05) is 13.8 Å². The van der Waals surface area contributed by atoms with Crippen molar-refractivity contribution in [3.05, 3.63) is 17.6 Å². The molecule has 0 aromatic carbocycles. The molecule has 0 unspecified atom stereocenters.